The Labute approximate surface area is 115 Å². The van der Waals surface area contributed by atoms with Crippen LogP contribution in [-0.2, 0) is 9.47 Å². The molecule has 0 aromatic rings. The average molecular weight is 267 g/mol. The summed E-state index contributed by atoms with van der Waals surface area (Å²) in [6, 6.07) is 0.485. The molecule has 19 heavy (non-hydrogen) atoms. The molecule has 1 unspecified atom stereocenters. The summed E-state index contributed by atoms with van der Waals surface area (Å²) in [4.78, 5) is 4.21. The van der Waals surface area contributed by atoms with Crippen LogP contribution in [0.1, 0.15) is 25.7 Å². The molecular weight excluding hydrogens is 242 g/mol. The number of ether oxygens (including phenoxy) is 2. The molecule has 5 heteroatoms. The van der Waals surface area contributed by atoms with Gasteiger partial charge in [0, 0.05) is 26.2 Å². The molecule has 0 radical (unpaired) electrons. The minimum absolute atomic E-state index is 0.307. The molecule has 0 saturated carbocycles. The summed E-state index contributed by atoms with van der Waals surface area (Å²) in [5.41, 5.74) is 0. The summed E-state index contributed by atoms with van der Waals surface area (Å²) < 4.78 is 11.1. The molecule has 1 heterocycles. The second-order valence-electron chi connectivity index (χ2n) is 4.99. The van der Waals surface area contributed by atoms with Gasteiger partial charge in [0.15, 0.2) is 5.96 Å². The van der Waals surface area contributed by atoms with Crippen molar-refractivity contribution in [3.8, 4) is 0 Å². The second-order valence-corrected chi connectivity index (χ2v) is 4.99. The van der Waals surface area contributed by atoms with Gasteiger partial charge < -0.3 is 20.1 Å². The predicted molar refractivity (Wildman–Crippen MR) is 76.5 cm³/mol. The standard InChI is InChI=1S/C14H25N3O2/c1-15-14(17-12-5-2-3-6-12)16-8-10-18-11-13-7-4-9-19-13/h2-3,12-13H,4-11H2,1H3,(H2,15,16,17). The maximum Gasteiger partial charge on any atom is 0.191 e. The van der Waals surface area contributed by atoms with Crippen molar-refractivity contribution in [3.05, 3.63) is 12.2 Å². The number of guanidine groups is 1. The Hall–Kier alpha value is -1.07. The average Bonchev–Trinajstić information content (AvgIpc) is 3.10. The summed E-state index contributed by atoms with van der Waals surface area (Å²) in [7, 11) is 1.80. The molecule has 0 aromatic heterocycles. The SMILES string of the molecule is CN=C(NCCOCC1CCCO1)NC1CC=CC1. The van der Waals surface area contributed by atoms with E-state index in [4.69, 9.17) is 9.47 Å². The van der Waals surface area contributed by atoms with E-state index in [0.717, 1.165) is 44.8 Å². The van der Waals surface area contributed by atoms with E-state index in [2.05, 4.69) is 27.8 Å². The highest BCUT2D eigenvalue weighted by atomic mass is 16.5. The molecule has 0 aromatic carbocycles. The van der Waals surface area contributed by atoms with Crippen molar-refractivity contribution < 1.29 is 9.47 Å². The molecular formula is C14H25N3O2. The van der Waals surface area contributed by atoms with Crippen LogP contribution in [0.15, 0.2) is 17.1 Å². The molecule has 2 aliphatic rings. The number of nitrogens with one attached hydrogen (secondary N) is 2. The highest BCUT2D eigenvalue weighted by molar-refractivity contribution is 5.80. The van der Waals surface area contributed by atoms with Crippen LogP contribution in [0.2, 0.25) is 0 Å². The number of rotatable bonds is 6. The Morgan fingerprint density at radius 2 is 2.26 bits per heavy atom. The quantitative estimate of drug-likeness (QED) is 0.327. The summed E-state index contributed by atoms with van der Waals surface area (Å²) in [6.07, 6.45) is 9.17. The lowest BCUT2D eigenvalue weighted by molar-refractivity contribution is 0.0191. The van der Waals surface area contributed by atoms with E-state index in [1.54, 1.807) is 7.05 Å². The first kappa shape index (κ1) is 14.3. The van der Waals surface area contributed by atoms with Gasteiger partial charge in [0.2, 0.25) is 0 Å². The second kappa shape index (κ2) is 8.17. The summed E-state index contributed by atoms with van der Waals surface area (Å²) in [5, 5.41) is 6.66. The van der Waals surface area contributed by atoms with Gasteiger partial charge in [0.05, 0.1) is 19.3 Å². The maximum atomic E-state index is 5.60. The Balaban J connectivity index is 1.50. The van der Waals surface area contributed by atoms with Crippen molar-refractivity contribution in [1.82, 2.24) is 10.6 Å². The van der Waals surface area contributed by atoms with Crippen LogP contribution in [0, 0.1) is 0 Å². The number of hydrogen-bond acceptors (Lipinski definition) is 3. The van der Waals surface area contributed by atoms with Crippen molar-refractivity contribution >= 4 is 5.96 Å². The van der Waals surface area contributed by atoms with E-state index in [1.165, 1.54) is 0 Å². The molecule has 1 aliphatic carbocycles. The lowest BCUT2D eigenvalue weighted by Crippen LogP contribution is -2.43. The zero-order valence-electron chi connectivity index (χ0n) is 11.7. The fourth-order valence-electron chi connectivity index (χ4n) is 2.36. The van der Waals surface area contributed by atoms with Crippen molar-refractivity contribution in [1.29, 1.82) is 0 Å². The molecule has 0 amide bonds. The van der Waals surface area contributed by atoms with Crippen molar-refractivity contribution in [2.24, 2.45) is 4.99 Å². The molecule has 2 rings (SSSR count). The zero-order chi connectivity index (χ0) is 13.3. The Bertz CT molecular complexity index is 304. The monoisotopic (exact) mass is 267 g/mol. The van der Waals surface area contributed by atoms with E-state index >= 15 is 0 Å². The topological polar surface area (TPSA) is 54.9 Å². The summed E-state index contributed by atoms with van der Waals surface area (Å²) >= 11 is 0. The molecule has 5 nitrogen and oxygen atoms in total. The third kappa shape index (κ3) is 5.20. The van der Waals surface area contributed by atoms with Crippen LogP contribution >= 0.6 is 0 Å². The smallest absolute Gasteiger partial charge is 0.191 e. The largest absolute Gasteiger partial charge is 0.377 e. The highest BCUT2D eigenvalue weighted by Crippen LogP contribution is 2.11. The van der Waals surface area contributed by atoms with Crippen LogP contribution in [0.25, 0.3) is 0 Å². The molecule has 1 aliphatic heterocycles. The van der Waals surface area contributed by atoms with Gasteiger partial charge in [0.1, 0.15) is 0 Å². The molecule has 0 spiro atoms. The van der Waals surface area contributed by atoms with Crippen LogP contribution in [0.4, 0.5) is 0 Å². The van der Waals surface area contributed by atoms with E-state index in [-0.39, 0.29) is 0 Å². The normalized spacial score (nSPS) is 24.1. The first-order valence-electron chi connectivity index (χ1n) is 7.20. The van der Waals surface area contributed by atoms with Crippen molar-refractivity contribution in [3.63, 3.8) is 0 Å². The Morgan fingerprint density at radius 3 is 2.95 bits per heavy atom. The zero-order valence-corrected chi connectivity index (χ0v) is 11.7. The van der Waals surface area contributed by atoms with E-state index in [0.29, 0.717) is 25.4 Å². The lowest BCUT2D eigenvalue weighted by Gasteiger charge is -2.17. The van der Waals surface area contributed by atoms with Gasteiger partial charge in [-0.1, -0.05) is 12.2 Å². The van der Waals surface area contributed by atoms with Crippen LogP contribution < -0.4 is 10.6 Å². The maximum absolute atomic E-state index is 5.60. The first-order valence-corrected chi connectivity index (χ1v) is 7.20. The first-order chi connectivity index (χ1) is 9.38. The third-order valence-corrected chi connectivity index (χ3v) is 3.44. The van der Waals surface area contributed by atoms with Crippen molar-refractivity contribution in [2.75, 3.05) is 33.4 Å². The van der Waals surface area contributed by atoms with E-state index in [9.17, 15) is 0 Å². The molecule has 2 N–H and O–H groups in total. The van der Waals surface area contributed by atoms with Gasteiger partial charge in [-0.25, -0.2) is 0 Å². The van der Waals surface area contributed by atoms with Gasteiger partial charge in [-0.3, -0.25) is 4.99 Å². The van der Waals surface area contributed by atoms with E-state index in [1.807, 2.05) is 0 Å². The van der Waals surface area contributed by atoms with E-state index < -0.39 is 0 Å². The number of aliphatic imine (C=N–C) groups is 1. The Morgan fingerprint density at radius 1 is 1.42 bits per heavy atom. The number of nitrogens with zero attached hydrogens (tertiary/aromatic N) is 1. The minimum Gasteiger partial charge on any atom is -0.377 e. The molecule has 1 fully saturated rings. The molecule has 1 saturated heterocycles. The lowest BCUT2D eigenvalue weighted by atomic mass is 10.2. The summed E-state index contributed by atoms with van der Waals surface area (Å²) in [6.45, 7) is 3.05. The van der Waals surface area contributed by atoms with Gasteiger partial charge in [0.25, 0.3) is 0 Å². The van der Waals surface area contributed by atoms with Crippen molar-refractivity contribution in [2.45, 2.75) is 37.8 Å². The summed E-state index contributed by atoms with van der Waals surface area (Å²) in [5.74, 6) is 0.856. The third-order valence-electron chi connectivity index (χ3n) is 3.44. The fourth-order valence-corrected chi connectivity index (χ4v) is 2.36. The highest BCUT2D eigenvalue weighted by Gasteiger charge is 2.15. The fraction of sp³-hybridized carbons (Fsp3) is 0.786. The Kier molecular flexibility index (Phi) is 6.17. The molecule has 108 valence electrons. The van der Waals surface area contributed by atoms with Gasteiger partial charge >= 0.3 is 0 Å². The van der Waals surface area contributed by atoms with Gasteiger partial charge in [-0.15, -0.1) is 0 Å². The van der Waals surface area contributed by atoms with Crippen LogP contribution in [0.5, 0.6) is 0 Å². The van der Waals surface area contributed by atoms with Gasteiger partial charge in [-0.05, 0) is 25.7 Å². The minimum atomic E-state index is 0.307. The molecule has 1 atom stereocenters. The van der Waals surface area contributed by atoms with Gasteiger partial charge in [-0.2, -0.15) is 0 Å². The number of hydrogen-bond donors (Lipinski definition) is 2. The van der Waals surface area contributed by atoms with Crippen LogP contribution in [-0.4, -0.2) is 51.5 Å². The van der Waals surface area contributed by atoms with Crippen LogP contribution in [0.3, 0.4) is 0 Å². The predicted octanol–water partition coefficient (Wildman–Crippen LogP) is 1.07. The molecule has 0 bridgehead atoms.